The summed E-state index contributed by atoms with van der Waals surface area (Å²) in [5, 5.41) is 9.08. The lowest BCUT2D eigenvalue weighted by Crippen LogP contribution is -2.49. The van der Waals surface area contributed by atoms with Crippen LogP contribution in [0.2, 0.25) is 0 Å². The number of amides is 4. The number of carbonyl (C=O) groups is 4. The Morgan fingerprint density at radius 1 is 0.968 bits per heavy atom. The Labute approximate surface area is 188 Å². The summed E-state index contributed by atoms with van der Waals surface area (Å²) < 4.78 is 0. The molecule has 0 aromatic heterocycles. The average Bonchev–Trinajstić information content (AvgIpc) is 3.21. The van der Waals surface area contributed by atoms with E-state index in [-0.39, 0.29) is 59.6 Å². The summed E-state index contributed by atoms with van der Waals surface area (Å²) in [5.41, 5.74) is 2.36. The van der Waals surface area contributed by atoms with Gasteiger partial charge in [-0.25, -0.2) is 0 Å². The van der Waals surface area contributed by atoms with E-state index < -0.39 is 6.04 Å². The van der Waals surface area contributed by atoms with Crippen LogP contribution in [0.25, 0.3) is 0 Å². The molecule has 31 heavy (non-hydrogen) atoms. The van der Waals surface area contributed by atoms with Gasteiger partial charge in [0.25, 0.3) is 0 Å². The Kier molecular flexibility index (Phi) is 7.67. The Morgan fingerprint density at radius 3 is 2.42 bits per heavy atom. The number of thioether (sulfide) groups is 1. The van der Waals surface area contributed by atoms with E-state index in [4.69, 9.17) is 0 Å². The average molecular weight is 451 g/mol. The fourth-order valence-corrected chi connectivity index (χ4v) is 5.89. The molecule has 0 aromatic carbocycles. The third-order valence-electron chi connectivity index (χ3n) is 6.24. The summed E-state index contributed by atoms with van der Waals surface area (Å²) in [6.45, 7) is 7.89. The van der Waals surface area contributed by atoms with Crippen LogP contribution >= 0.6 is 11.8 Å². The highest BCUT2D eigenvalue weighted by Gasteiger charge is 2.40. The van der Waals surface area contributed by atoms with Gasteiger partial charge in [-0.2, -0.15) is 0 Å². The van der Waals surface area contributed by atoms with Crippen molar-refractivity contribution in [2.24, 2.45) is 0 Å². The van der Waals surface area contributed by atoms with Crippen LogP contribution in [-0.2, 0) is 19.2 Å². The van der Waals surface area contributed by atoms with Gasteiger partial charge >= 0.3 is 0 Å². The van der Waals surface area contributed by atoms with Gasteiger partial charge in [-0.15, -0.1) is 11.8 Å². The minimum absolute atomic E-state index is 0.00633. The monoisotopic (exact) mass is 450 g/mol. The van der Waals surface area contributed by atoms with Crippen LogP contribution in [0.5, 0.6) is 0 Å². The normalized spacial score (nSPS) is 33.5. The van der Waals surface area contributed by atoms with Crippen LogP contribution in [0.15, 0.2) is 11.3 Å². The van der Waals surface area contributed by atoms with E-state index in [2.05, 4.69) is 29.8 Å². The summed E-state index contributed by atoms with van der Waals surface area (Å²) >= 11 is 1.60. The summed E-state index contributed by atoms with van der Waals surface area (Å²) in [6.07, 6.45) is 3.85. The SMILES string of the molecule is CCC1CCC2=C(NC(C)C2)[C@H](C)NC(=O)[C@H](C)NC(=O)CCN2C(=O)CC(S1)C2=O. The minimum atomic E-state index is -0.703. The molecule has 3 aliphatic heterocycles. The van der Waals surface area contributed by atoms with Crippen LogP contribution in [0, 0.1) is 0 Å². The molecular weight excluding hydrogens is 416 g/mol. The van der Waals surface area contributed by atoms with Crippen molar-refractivity contribution in [2.45, 2.75) is 94.8 Å². The van der Waals surface area contributed by atoms with Gasteiger partial charge in [-0.05, 0) is 52.0 Å². The molecule has 0 aromatic rings. The second-order valence-electron chi connectivity index (χ2n) is 8.82. The van der Waals surface area contributed by atoms with Gasteiger partial charge < -0.3 is 16.0 Å². The largest absolute Gasteiger partial charge is 0.384 e. The van der Waals surface area contributed by atoms with E-state index in [1.165, 1.54) is 10.5 Å². The fraction of sp³-hybridized carbons (Fsp3) is 0.727. The number of imide groups is 1. The van der Waals surface area contributed by atoms with Crippen LogP contribution in [-0.4, -0.2) is 63.7 Å². The number of carbonyl (C=O) groups excluding carboxylic acids is 4. The maximum absolute atomic E-state index is 12.8. The van der Waals surface area contributed by atoms with Gasteiger partial charge in [-0.1, -0.05) is 6.92 Å². The third kappa shape index (κ3) is 5.61. The Bertz CT molecular complexity index is 783. The Hall–Kier alpha value is -2.03. The summed E-state index contributed by atoms with van der Waals surface area (Å²) in [7, 11) is 0. The van der Waals surface area contributed by atoms with E-state index in [0.717, 1.165) is 31.4 Å². The first-order valence-electron chi connectivity index (χ1n) is 11.3. The molecule has 172 valence electrons. The van der Waals surface area contributed by atoms with Crippen molar-refractivity contribution in [3.63, 3.8) is 0 Å². The lowest BCUT2D eigenvalue weighted by Gasteiger charge is -2.22. The van der Waals surface area contributed by atoms with Gasteiger partial charge in [0.05, 0.1) is 11.3 Å². The van der Waals surface area contributed by atoms with Crippen molar-refractivity contribution in [1.29, 1.82) is 0 Å². The van der Waals surface area contributed by atoms with Gasteiger partial charge in [0, 0.05) is 36.4 Å². The number of nitrogens with zero attached hydrogens (tertiary/aromatic N) is 1. The Balaban J connectivity index is 1.83. The molecule has 0 aliphatic carbocycles. The maximum atomic E-state index is 12.8. The number of hydrogen-bond acceptors (Lipinski definition) is 6. The standard InChI is InChI=1S/C22H34N4O4S/c1-5-16-7-6-15-10-12(2)23-20(15)13(3)25-21(29)14(4)24-18(27)8-9-26-19(28)11-17(31-16)22(26)30/h12-14,16-17,23H,5-11H2,1-4H3,(H,24,27)(H,25,29)/t12?,13-,14-,16?,17?/m0/s1. The topological polar surface area (TPSA) is 108 Å². The second-order valence-corrected chi connectivity index (χ2v) is 10.3. The number of rotatable bonds is 1. The van der Waals surface area contributed by atoms with Gasteiger partial charge in [0.15, 0.2) is 0 Å². The highest BCUT2D eigenvalue weighted by Crippen LogP contribution is 2.34. The molecule has 0 radical (unpaired) electrons. The summed E-state index contributed by atoms with van der Waals surface area (Å²) in [6, 6.07) is -0.565. The molecule has 3 rings (SSSR count). The first-order valence-corrected chi connectivity index (χ1v) is 12.2. The highest BCUT2D eigenvalue weighted by atomic mass is 32.2. The molecule has 3 aliphatic rings. The smallest absolute Gasteiger partial charge is 0.242 e. The Morgan fingerprint density at radius 2 is 1.71 bits per heavy atom. The molecule has 3 N–H and O–H groups in total. The van der Waals surface area contributed by atoms with E-state index in [0.29, 0.717) is 6.04 Å². The van der Waals surface area contributed by atoms with Crippen molar-refractivity contribution < 1.29 is 19.2 Å². The van der Waals surface area contributed by atoms with Crippen molar-refractivity contribution in [3.8, 4) is 0 Å². The third-order valence-corrected chi connectivity index (χ3v) is 7.89. The zero-order valence-corrected chi connectivity index (χ0v) is 19.6. The van der Waals surface area contributed by atoms with Crippen molar-refractivity contribution in [1.82, 2.24) is 20.9 Å². The summed E-state index contributed by atoms with van der Waals surface area (Å²) in [5.74, 6) is -1.02. The molecule has 8 nitrogen and oxygen atoms in total. The molecule has 2 bridgehead atoms. The van der Waals surface area contributed by atoms with Gasteiger partial charge in [-0.3, -0.25) is 24.1 Å². The minimum Gasteiger partial charge on any atom is -0.384 e. The highest BCUT2D eigenvalue weighted by molar-refractivity contribution is 8.01. The number of hydrogen-bond donors (Lipinski definition) is 3. The molecule has 3 heterocycles. The molecule has 4 amide bonds. The molecule has 1 fully saturated rings. The zero-order chi connectivity index (χ0) is 22.7. The van der Waals surface area contributed by atoms with Gasteiger partial charge in [0.2, 0.25) is 23.6 Å². The van der Waals surface area contributed by atoms with Crippen molar-refractivity contribution in [2.75, 3.05) is 6.54 Å². The van der Waals surface area contributed by atoms with Crippen molar-refractivity contribution >= 4 is 35.4 Å². The molecule has 9 heteroatoms. The molecule has 5 atom stereocenters. The molecule has 3 unspecified atom stereocenters. The molecule has 1 saturated heterocycles. The first-order chi connectivity index (χ1) is 14.7. The van der Waals surface area contributed by atoms with E-state index in [9.17, 15) is 19.2 Å². The van der Waals surface area contributed by atoms with E-state index in [1.807, 2.05) is 6.92 Å². The predicted molar refractivity (Wildman–Crippen MR) is 120 cm³/mol. The van der Waals surface area contributed by atoms with Crippen LogP contribution in [0.3, 0.4) is 0 Å². The number of nitrogens with one attached hydrogen (secondary N) is 3. The maximum Gasteiger partial charge on any atom is 0.242 e. The van der Waals surface area contributed by atoms with E-state index in [1.54, 1.807) is 18.7 Å². The summed E-state index contributed by atoms with van der Waals surface area (Å²) in [4.78, 5) is 51.3. The lowest BCUT2D eigenvalue weighted by molar-refractivity contribution is -0.139. The van der Waals surface area contributed by atoms with Crippen LogP contribution in [0.1, 0.15) is 66.2 Å². The van der Waals surface area contributed by atoms with E-state index >= 15 is 0 Å². The van der Waals surface area contributed by atoms with Gasteiger partial charge in [0.1, 0.15) is 6.04 Å². The van der Waals surface area contributed by atoms with Crippen LogP contribution < -0.4 is 16.0 Å². The second kappa shape index (κ2) is 10.1. The molecule has 0 spiro atoms. The zero-order valence-electron chi connectivity index (χ0n) is 18.8. The fourth-order valence-electron chi connectivity index (χ4n) is 4.50. The van der Waals surface area contributed by atoms with Crippen molar-refractivity contribution in [3.05, 3.63) is 11.3 Å². The first kappa shape index (κ1) is 23.6. The molecular formula is C22H34N4O4S. The number of fused-ring (bicyclic) bond motifs is 2. The predicted octanol–water partition coefficient (Wildman–Crippen LogP) is 1.45. The molecule has 0 saturated carbocycles. The van der Waals surface area contributed by atoms with Crippen LogP contribution in [0.4, 0.5) is 0 Å². The lowest BCUT2D eigenvalue weighted by atomic mass is 10.0. The quantitative estimate of drug-likeness (QED) is 0.522.